The van der Waals surface area contributed by atoms with Gasteiger partial charge in [0.15, 0.2) is 0 Å². The van der Waals surface area contributed by atoms with E-state index in [2.05, 4.69) is 11.8 Å². The molecule has 0 saturated carbocycles. The van der Waals surface area contributed by atoms with Gasteiger partial charge in [-0.25, -0.2) is 4.39 Å². The van der Waals surface area contributed by atoms with Crippen LogP contribution < -0.4 is 5.73 Å². The van der Waals surface area contributed by atoms with Crippen molar-refractivity contribution in [2.24, 2.45) is 0 Å². The Morgan fingerprint density at radius 1 is 1.10 bits per heavy atom. The molecule has 21 heavy (non-hydrogen) atoms. The van der Waals surface area contributed by atoms with Gasteiger partial charge in [-0.05, 0) is 36.7 Å². The Hall–Kier alpha value is -1.58. The van der Waals surface area contributed by atoms with Crippen molar-refractivity contribution in [3.63, 3.8) is 0 Å². The molecule has 0 aliphatic carbocycles. The largest absolute Gasteiger partial charge is 0.399 e. The number of hydrogen-bond donors (Lipinski definition) is 1. The molecule has 0 aliphatic rings. The zero-order valence-electron chi connectivity index (χ0n) is 12.2. The molecule has 0 fully saturated rings. The van der Waals surface area contributed by atoms with Crippen LogP contribution in [0.25, 0.3) is 0 Å². The number of benzene rings is 2. The fourth-order valence-electron chi connectivity index (χ4n) is 2.32. The van der Waals surface area contributed by atoms with Crippen LogP contribution in [0, 0.1) is 5.82 Å². The molecular weight excluding hydrogens is 287 g/mol. The molecule has 2 N–H and O–H groups in total. The topological polar surface area (TPSA) is 29.3 Å². The van der Waals surface area contributed by atoms with Crippen LogP contribution >= 0.6 is 11.6 Å². The average Bonchev–Trinajstić information content (AvgIpc) is 2.46. The molecule has 0 spiro atoms. The summed E-state index contributed by atoms with van der Waals surface area (Å²) in [5.41, 5.74) is 8.25. The molecular formula is C17H20ClFN2. The van der Waals surface area contributed by atoms with E-state index in [-0.39, 0.29) is 10.8 Å². The molecule has 0 unspecified atom stereocenters. The second-order valence-corrected chi connectivity index (χ2v) is 5.57. The standard InChI is InChI=1S/C17H20ClFN2/c1-2-10-21(11-13-6-8-15(20)9-7-13)12-14-4-3-5-16(18)17(14)19/h3-9H,2,10-12,20H2,1H3. The van der Waals surface area contributed by atoms with E-state index in [1.54, 1.807) is 18.2 Å². The third-order valence-electron chi connectivity index (χ3n) is 3.35. The highest BCUT2D eigenvalue weighted by molar-refractivity contribution is 6.30. The van der Waals surface area contributed by atoms with Crippen molar-refractivity contribution in [3.05, 3.63) is 64.4 Å². The average molecular weight is 307 g/mol. The molecule has 0 saturated heterocycles. The van der Waals surface area contributed by atoms with Crippen molar-refractivity contribution in [1.82, 2.24) is 4.90 Å². The molecule has 0 amide bonds. The van der Waals surface area contributed by atoms with Crippen LogP contribution in [0.4, 0.5) is 10.1 Å². The van der Waals surface area contributed by atoms with E-state index in [9.17, 15) is 4.39 Å². The van der Waals surface area contributed by atoms with Crippen LogP contribution in [0.1, 0.15) is 24.5 Å². The maximum atomic E-state index is 14.0. The first-order chi connectivity index (χ1) is 10.1. The normalized spacial score (nSPS) is 11.0. The van der Waals surface area contributed by atoms with Gasteiger partial charge in [0.1, 0.15) is 5.82 Å². The van der Waals surface area contributed by atoms with Crippen molar-refractivity contribution in [2.45, 2.75) is 26.4 Å². The monoisotopic (exact) mass is 306 g/mol. The summed E-state index contributed by atoms with van der Waals surface area (Å²) in [4.78, 5) is 2.21. The lowest BCUT2D eigenvalue weighted by molar-refractivity contribution is 0.253. The highest BCUT2D eigenvalue weighted by atomic mass is 35.5. The summed E-state index contributed by atoms with van der Waals surface area (Å²) in [5.74, 6) is -0.322. The number of nitrogen functional groups attached to an aromatic ring is 1. The highest BCUT2D eigenvalue weighted by Gasteiger charge is 2.11. The summed E-state index contributed by atoms with van der Waals surface area (Å²) in [7, 11) is 0. The molecule has 0 heterocycles. The highest BCUT2D eigenvalue weighted by Crippen LogP contribution is 2.20. The van der Waals surface area contributed by atoms with E-state index < -0.39 is 0 Å². The summed E-state index contributed by atoms with van der Waals surface area (Å²) in [5, 5.41) is 0.177. The molecule has 0 bridgehead atoms. The smallest absolute Gasteiger partial charge is 0.146 e. The minimum atomic E-state index is -0.322. The lowest BCUT2D eigenvalue weighted by atomic mass is 10.1. The maximum absolute atomic E-state index is 14.0. The van der Waals surface area contributed by atoms with Crippen LogP contribution in [0.3, 0.4) is 0 Å². The van der Waals surface area contributed by atoms with E-state index in [1.807, 2.05) is 24.3 Å². The molecule has 0 aliphatic heterocycles. The molecule has 2 nitrogen and oxygen atoms in total. The van der Waals surface area contributed by atoms with Crippen LogP contribution in [-0.4, -0.2) is 11.4 Å². The van der Waals surface area contributed by atoms with Gasteiger partial charge in [-0.1, -0.05) is 42.8 Å². The van der Waals surface area contributed by atoms with Gasteiger partial charge in [0, 0.05) is 24.3 Å². The third-order valence-corrected chi connectivity index (χ3v) is 3.64. The molecule has 112 valence electrons. The first-order valence-corrected chi connectivity index (χ1v) is 7.47. The molecule has 2 aromatic rings. The Kier molecular flexibility index (Phi) is 5.59. The molecule has 2 rings (SSSR count). The minimum absolute atomic E-state index is 0.177. The van der Waals surface area contributed by atoms with E-state index in [4.69, 9.17) is 17.3 Å². The van der Waals surface area contributed by atoms with Crippen molar-refractivity contribution < 1.29 is 4.39 Å². The van der Waals surface area contributed by atoms with Crippen LogP contribution in [-0.2, 0) is 13.1 Å². The van der Waals surface area contributed by atoms with Gasteiger partial charge >= 0.3 is 0 Å². The van der Waals surface area contributed by atoms with Crippen molar-refractivity contribution in [1.29, 1.82) is 0 Å². The maximum Gasteiger partial charge on any atom is 0.146 e. The summed E-state index contributed by atoms with van der Waals surface area (Å²) >= 11 is 5.84. The number of hydrogen-bond acceptors (Lipinski definition) is 2. The number of nitrogens with zero attached hydrogens (tertiary/aromatic N) is 1. The van der Waals surface area contributed by atoms with Gasteiger partial charge < -0.3 is 5.73 Å². The van der Waals surface area contributed by atoms with Crippen molar-refractivity contribution in [2.75, 3.05) is 12.3 Å². The summed E-state index contributed by atoms with van der Waals surface area (Å²) in [6.45, 7) is 4.32. The van der Waals surface area contributed by atoms with Crippen molar-refractivity contribution in [3.8, 4) is 0 Å². The van der Waals surface area contributed by atoms with E-state index >= 15 is 0 Å². The van der Waals surface area contributed by atoms with E-state index in [0.717, 1.165) is 25.2 Å². The first kappa shape index (κ1) is 15.8. The summed E-state index contributed by atoms with van der Waals surface area (Å²) in [6, 6.07) is 12.9. The second kappa shape index (κ2) is 7.43. The fourth-order valence-corrected chi connectivity index (χ4v) is 2.52. The zero-order valence-corrected chi connectivity index (χ0v) is 12.9. The van der Waals surface area contributed by atoms with Crippen molar-refractivity contribution >= 4 is 17.3 Å². The van der Waals surface area contributed by atoms with Crippen LogP contribution in [0.5, 0.6) is 0 Å². The Balaban J connectivity index is 2.11. The number of nitrogens with two attached hydrogens (primary N) is 1. The van der Waals surface area contributed by atoms with Gasteiger partial charge in [-0.3, -0.25) is 4.90 Å². The van der Waals surface area contributed by atoms with Gasteiger partial charge in [0.2, 0.25) is 0 Å². The predicted octanol–water partition coefficient (Wildman–Crippen LogP) is 4.47. The zero-order chi connectivity index (χ0) is 15.2. The SMILES string of the molecule is CCCN(Cc1ccc(N)cc1)Cc1cccc(Cl)c1F. The van der Waals surface area contributed by atoms with Crippen LogP contribution in [0.2, 0.25) is 5.02 Å². The fraction of sp³-hybridized carbons (Fsp3) is 0.294. The molecule has 2 aromatic carbocycles. The number of rotatable bonds is 6. The minimum Gasteiger partial charge on any atom is -0.399 e. The molecule has 0 radical (unpaired) electrons. The Morgan fingerprint density at radius 3 is 2.48 bits per heavy atom. The first-order valence-electron chi connectivity index (χ1n) is 7.09. The quantitative estimate of drug-likeness (QED) is 0.798. The molecule has 4 heteroatoms. The Morgan fingerprint density at radius 2 is 1.81 bits per heavy atom. The van der Waals surface area contributed by atoms with Gasteiger partial charge in [-0.2, -0.15) is 0 Å². The van der Waals surface area contributed by atoms with E-state index in [0.29, 0.717) is 12.1 Å². The number of halogens is 2. The van der Waals surface area contributed by atoms with Gasteiger partial charge in [0.05, 0.1) is 5.02 Å². The Labute approximate surface area is 130 Å². The summed E-state index contributed by atoms with van der Waals surface area (Å²) in [6.07, 6.45) is 1.01. The molecule has 0 atom stereocenters. The third kappa shape index (κ3) is 4.45. The Bertz CT molecular complexity index is 584. The number of anilines is 1. The molecule has 0 aromatic heterocycles. The predicted molar refractivity (Wildman–Crippen MR) is 86.7 cm³/mol. The lowest BCUT2D eigenvalue weighted by Gasteiger charge is -2.22. The van der Waals surface area contributed by atoms with Gasteiger partial charge in [0.25, 0.3) is 0 Å². The van der Waals surface area contributed by atoms with Crippen LogP contribution in [0.15, 0.2) is 42.5 Å². The lowest BCUT2D eigenvalue weighted by Crippen LogP contribution is -2.24. The van der Waals surface area contributed by atoms with Gasteiger partial charge in [-0.15, -0.1) is 0 Å². The second-order valence-electron chi connectivity index (χ2n) is 5.17. The summed E-state index contributed by atoms with van der Waals surface area (Å²) < 4.78 is 14.0. The van der Waals surface area contributed by atoms with E-state index in [1.165, 1.54) is 5.56 Å².